The fourth-order valence-corrected chi connectivity index (χ4v) is 2.59. The molecule has 3 rings (SSSR count). The SMILES string of the molecule is CCc1oc2ccccc2c1-c1cc(N)ccc1Cl. The zero-order valence-corrected chi connectivity index (χ0v) is 11.4. The fraction of sp³-hybridized carbons (Fsp3) is 0.125. The topological polar surface area (TPSA) is 39.2 Å². The Kier molecular flexibility index (Phi) is 2.96. The molecule has 0 aliphatic rings. The smallest absolute Gasteiger partial charge is 0.134 e. The number of aryl methyl sites for hydroxylation is 1. The van der Waals surface area contributed by atoms with Crippen molar-refractivity contribution in [2.24, 2.45) is 0 Å². The molecule has 2 aromatic carbocycles. The molecule has 19 heavy (non-hydrogen) atoms. The number of rotatable bonds is 2. The van der Waals surface area contributed by atoms with Crippen LogP contribution >= 0.6 is 11.6 Å². The van der Waals surface area contributed by atoms with Crippen LogP contribution in [0.1, 0.15) is 12.7 Å². The second-order valence-corrected chi connectivity index (χ2v) is 4.90. The summed E-state index contributed by atoms with van der Waals surface area (Å²) in [5, 5.41) is 1.77. The zero-order valence-electron chi connectivity index (χ0n) is 10.6. The van der Waals surface area contributed by atoms with E-state index in [1.807, 2.05) is 36.4 Å². The Morgan fingerprint density at radius 1 is 1.16 bits per heavy atom. The summed E-state index contributed by atoms with van der Waals surface area (Å²) in [7, 11) is 0. The molecule has 0 fully saturated rings. The number of halogens is 1. The van der Waals surface area contributed by atoms with Gasteiger partial charge in [-0.1, -0.05) is 36.7 Å². The van der Waals surface area contributed by atoms with E-state index in [1.165, 1.54) is 0 Å². The molecule has 2 N–H and O–H groups in total. The van der Waals surface area contributed by atoms with Crippen molar-refractivity contribution in [3.05, 3.63) is 53.2 Å². The average molecular weight is 272 g/mol. The molecule has 96 valence electrons. The van der Waals surface area contributed by atoms with E-state index in [4.69, 9.17) is 21.8 Å². The van der Waals surface area contributed by atoms with Gasteiger partial charge in [0.1, 0.15) is 11.3 Å². The number of anilines is 1. The standard InChI is InChI=1S/C16H14ClNO/c1-2-14-16(11-5-3-4-6-15(11)19-14)12-9-10(18)7-8-13(12)17/h3-9H,2,18H2,1H3. The van der Waals surface area contributed by atoms with Gasteiger partial charge >= 0.3 is 0 Å². The summed E-state index contributed by atoms with van der Waals surface area (Å²) in [6, 6.07) is 13.5. The van der Waals surface area contributed by atoms with Crippen LogP contribution in [0.5, 0.6) is 0 Å². The van der Waals surface area contributed by atoms with Crippen molar-refractivity contribution in [1.29, 1.82) is 0 Å². The molecule has 1 heterocycles. The summed E-state index contributed by atoms with van der Waals surface area (Å²) < 4.78 is 5.90. The van der Waals surface area contributed by atoms with E-state index in [-0.39, 0.29) is 0 Å². The molecule has 0 spiro atoms. The van der Waals surface area contributed by atoms with Gasteiger partial charge in [-0.3, -0.25) is 0 Å². The summed E-state index contributed by atoms with van der Waals surface area (Å²) >= 11 is 6.32. The molecule has 1 aromatic heterocycles. The lowest BCUT2D eigenvalue weighted by Gasteiger charge is -2.06. The highest BCUT2D eigenvalue weighted by atomic mass is 35.5. The van der Waals surface area contributed by atoms with Crippen LogP contribution in [0.4, 0.5) is 5.69 Å². The van der Waals surface area contributed by atoms with Crippen LogP contribution in [-0.4, -0.2) is 0 Å². The lowest BCUT2D eigenvalue weighted by atomic mass is 10.0. The van der Waals surface area contributed by atoms with Gasteiger partial charge in [-0.2, -0.15) is 0 Å². The third-order valence-corrected chi connectivity index (χ3v) is 3.58. The molecule has 0 unspecified atom stereocenters. The Morgan fingerprint density at radius 2 is 1.95 bits per heavy atom. The monoisotopic (exact) mass is 271 g/mol. The summed E-state index contributed by atoms with van der Waals surface area (Å²) in [5.41, 5.74) is 9.45. The van der Waals surface area contributed by atoms with E-state index in [1.54, 1.807) is 6.07 Å². The maximum atomic E-state index is 6.32. The number of nitrogens with two attached hydrogens (primary N) is 1. The van der Waals surface area contributed by atoms with Crippen LogP contribution in [0.3, 0.4) is 0 Å². The van der Waals surface area contributed by atoms with E-state index in [2.05, 4.69) is 6.92 Å². The fourth-order valence-electron chi connectivity index (χ4n) is 2.37. The molecular weight excluding hydrogens is 258 g/mol. The Hall–Kier alpha value is -1.93. The molecule has 0 aliphatic carbocycles. The highest BCUT2D eigenvalue weighted by Gasteiger charge is 2.16. The molecule has 0 atom stereocenters. The molecule has 0 bridgehead atoms. The predicted molar refractivity (Wildman–Crippen MR) is 80.5 cm³/mol. The second kappa shape index (κ2) is 4.63. The number of hydrogen-bond donors (Lipinski definition) is 1. The zero-order chi connectivity index (χ0) is 13.4. The first kappa shape index (κ1) is 12.1. The molecule has 0 radical (unpaired) electrons. The van der Waals surface area contributed by atoms with Gasteiger partial charge in [0.05, 0.1) is 0 Å². The van der Waals surface area contributed by atoms with Gasteiger partial charge in [-0.25, -0.2) is 0 Å². The maximum Gasteiger partial charge on any atom is 0.134 e. The lowest BCUT2D eigenvalue weighted by molar-refractivity contribution is 0.558. The minimum absolute atomic E-state index is 0.690. The lowest BCUT2D eigenvalue weighted by Crippen LogP contribution is -1.88. The second-order valence-electron chi connectivity index (χ2n) is 4.49. The van der Waals surface area contributed by atoms with Gasteiger partial charge in [0.25, 0.3) is 0 Å². The average Bonchev–Trinajstić information content (AvgIpc) is 2.80. The van der Waals surface area contributed by atoms with Gasteiger partial charge in [-0.15, -0.1) is 0 Å². The van der Waals surface area contributed by atoms with Crippen molar-refractivity contribution in [2.75, 3.05) is 5.73 Å². The summed E-state index contributed by atoms with van der Waals surface area (Å²) in [4.78, 5) is 0. The normalized spacial score (nSPS) is 11.1. The van der Waals surface area contributed by atoms with Crippen molar-refractivity contribution in [3.8, 4) is 11.1 Å². The van der Waals surface area contributed by atoms with Crippen LogP contribution in [0.15, 0.2) is 46.9 Å². The van der Waals surface area contributed by atoms with Crippen molar-refractivity contribution in [1.82, 2.24) is 0 Å². The first-order valence-electron chi connectivity index (χ1n) is 6.26. The van der Waals surface area contributed by atoms with E-state index in [0.29, 0.717) is 10.7 Å². The molecule has 3 heteroatoms. The van der Waals surface area contributed by atoms with Gasteiger partial charge in [0.2, 0.25) is 0 Å². The van der Waals surface area contributed by atoms with E-state index >= 15 is 0 Å². The Bertz CT molecular complexity index is 746. The van der Waals surface area contributed by atoms with Crippen LogP contribution in [0.2, 0.25) is 5.02 Å². The Morgan fingerprint density at radius 3 is 2.74 bits per heavy atom. The molecule has 0 saturated heterocycles. The largest absolute Gasteiger partial charge is 0.460 e. The van der Waals surface area contributed by atoms with Gasteiger partial charge in [0.15, 0.2) is 0 Å². The van der Waals surface area contributed by atoms with Crippen molar-refractivity contribution in [3.63, 3.8) is 0 Å². The first-order chi connectivity index (χ1) is 9.20. The highest BCUT2D eigenvalue weighted by Crippen LogP contribution is 2.39. The first-order valence-corrected chi connectivity index (χ1v) is 6.64. The van der Waals surface area contributed by atoms with Crippen LogP contribution < -0.4 is 5.73 Å². The Balaban J connectivity index is 2.37. The van der Waals surface area contributed by atoms with E-state index < -0.39 is 0 Å². The summed E-state index contributed by atoms with van der Waals surface area (Å²) in [6.45, 7) is 2.07. The molecule has 0 saturated carbocycles. The quantitative estimate of drug-likeness (QED) is 0.674. The number of fused-ring (bicyclic) bond motifs is 1. The molecule has 0 aliphatic heterocycles. The summed E-state index contributed by atoms with van der Waals surface area (Å²) in [5.74, 6) is 0.939. The molecule has 0 amide bonds. The third kappa shape index (κ3) is 1.98. The maximum absolute atomic E-state index is 6.32. The van der Waals surface area contributed by atoms with E-state index in [0.717, 1.165) is 34.3 Å². The number of furan rings is 1. The van der Waals surface area contributed by atoms with Gasteiger partial charge in [0, 0.05) is 33.6 Å². The minimum atomic E-state index is 0.690. The number of para-hydroxylation sites is 1. The van der Waals surface area contributed by atoms with Crippen molar-refractivity contribution >= 4 is 28.3 Å². The number of hydrogen-bond acceptors (Lipinski definition) is 2. The Labute approximate surface area is 116 Å². The highest BCUT2D eigenvalue weighted by molar-refractivity contribution is 6.34. The number of nitrogen functional groups attached to an aromatic ring is 1. The van der Waals surface area contributed by atoms with Crippen molar-refractivity contribution < 1.29 is 4.42 Å². The van der Waals surface area contributed by atoms with Crippen LogP contribution in [0.25, 0.3) is 22.1 Å². The van der Waals surface area contributed by atoms with Gasteiger partial charge in [-0.05, 0) is 24.3 Å². The van der Waals surface area contributed by atoms with Crippen LogP contribution in [-0.2, 0) is 6.42 Å². The minimum Gasteiger partial charge on any atom is -0.460 e. The molecule has 2 nitrogen and oxygen atoms in total. The van der Waals surface area contributed by atoms with E-state index in [9.17, 15) is 0 Å². The molecular formula is C16H14ClNO. The number of benzene rings is 2. The van der Waals surface area contributed by atoms with Crippen molar-refractivity contribution in [2.45, 2.75) is 13.3 Å². The van der Waals surface area contributed by atoms with Gasteiger partial charge < -0.3 is 10.2 Å². The predicted octanol–water partition coefficient (Wildman–Crippen LogP) is 4.90. The third-order valence-electron chi connectivity index (χ3n) is 3.25. The summed E-state index contributed by atoms with van der Waals surface area (Å²) in [6.07, 6.45) is 0.815. The van der Waals surface area contributed by atoms with Crippen LogP contribution in [0, 0.1) is 0 Å². The molecule has 3 aromatic rings.